The zero-order valence-corrected chi connectivity index (χ0v) is 19.4. The van der Waals surface area contributed by atoms with E-state index in [1.165, 1.54) is 6.07 Å². The van der Waals surface area contributed by atoms with Crippen LogP contribution in [-0.2, 0) is 19.6 Å². The van der Waals surface area contributed by atoms with Crippen LogP contribution >= 0.6 is 0 Å². The number of imide groups is 1. The maximum absolute atomic E-state index is 14.0. The monoisotopic (exact) mass is 468 g/mol. The molecule has 2 aliphatic rings. The van der Waals surface area contributed by atoms with Crippen LogP contribution in [0.3, 0.4) is 0 Å². The highest BCUT2D eigenvalue weighted by molar-refractivity contribution is 7.89. The minimum absolute atomic E-state index is 0.0159. The summed E-state index contributed by atoms with van der Waals surface area (Å²) in [5.41, 5.74) is 0.657. The highest BCUT2D eigenvalue weighted by atomic mass is 32.2. The lowest BCUT2D eigenvalue weighted by atomic mass is 9.92. The van der Waals surface area contributed by atoms with E-state index in [9.17, 15) is 22.4 Å². The standard InChI is InChI=1S/C23H33FN2O5S/c1-16(19-9-11-20(24)21(14-19)31-15-17-7-8-17)26-32(29,30)13-5-3-2-4-6-18-10-12-22(27)25-23(18)28/h9,11,14,16-18,26H,2-8,10,12-13,15H2,1H3,(H,25,27,28)/t16-,18?/m1/s1. The number of hydrogen-bond acceptors (Lipinski definition) is 5. The number of carbonyl (C=O) groups is 2. The Labute approximate surface area is 189 Å². The number of piperidine rings is 1. The molecular weight excluding hydrogens is 435 g/mol. The molecule has 2 atom stereocenters. The largest absolute Gasteiger partial charge is 0.490 e. The molecule has 1 heterocycles. The molecule has 2 N–H and O–H groups in total. The molecular formula is C23H33FN2O5S. The van der Waals surface area contributed by atoms with Crippen LogP contribution in [0.15, 0.2) is 18.2 Å². The average Bonchev–Trinajstić information content (AvgIpc) is 3.55. The Balaban J connectivity index is 1.36. The summed E-state index contributed by atoms with van der Waals surface area (Å²) >= 11 is 0. The third kappa shape index (κ3) is 7.85. The van der Waals surface area contributed by atoms with Gasteiger partial charge in [-0.1, -0.05) is 25.3 Å². The smallest absolute Gasteiger partial charge is 0.229 e. The van der Waals surface area contributed by atoms with E-state index < -0.39 is 21.9 Å². The first-order valence-electron chi connectivity index (χ1n) is 11.5. The summed E-state index contributed by atoms with van der Waals surface area (Å²) in [5.74, 6) is -0.282. The van der Waals surface area contributed by atoms with Gasteiger partial charge >= 0.3 is 0 Å². The summed E-state index contributed by atoms with van der Waals surface area (Å²) in [5, 5.41) is 2.36. The lowest BCUT2D eigenvalue weighted by Crippen LogP contribution is -2.40. The predicted octanol–water partition coefficient (Wildman–Crippen LogP) is 3.60. The highest BCUT2D eigenvalue weighted by Gasteiger charge is 2.26. The van der Waals surface area contributed by atoms with Crippen molar-refractivity contribution < 1.29 is 27.1 Å². The Morgan fingerprint density at radius 2 is 1.91 bits per heavy atom. The lowest BCUT2D eigenvalue weighted by molar-refractivity contribution is -0.136. The van der Waals surface area contributed by atoms with Crippen LogP contribution in [0.5, 0.6) is 5.75 Å². The van der Waals surface area contributed by atoms with E-state index in [-0.39, 0.29) is 29.2 Å². The number of hydrogen-bond donors (Lipinski definition) is 2. The molecule has 178 valence electrons. The second-order valence-corrected chi connectivity index (χ2v) is 10.8. The number of halogens is 1. The Kier molecular flexibility index (Phi) is 8.64. The fraction of sp³-hybridized carbons (Fsp3) is 0.652. The molecule has 32 heavy (non-hydrogen) atoms. The van der Waals surface area contributed by atoms with Crippen molar-refractivity contribution in [1.82, 2.24) is 10.0 Å². The zero-order valence-electron chi connectivity index (χ0n) is 18.6. The van der Waals surface area contributed by atoms with Gasteiger partial charge in [-0.15, -0.1) is 0 Å². The van der Waals surface area contributed by atoms with Gasteiger partial charge in [0.2, 0.25) is 21.8 Å². The van der Waals surface area contributed by atoms with E-state index in [0.717, 1.165) is 38.5 Å². The fourth-order valence-corrected chi connectivity index (χ4v) is 5.22. The van der Waals surface area contributed by atoms with Gasteiger partial charge in [-0.3, -0.25) is 14.9 Å². The lowest BCUT2D eigenvalue weighted by Gasteiger charge is -2.20. The number of amides is 2. The van der Waals surface area contributed by atoms with Gasteiger partial charge in [0.1, 0.15) is 0 Å². The van der Waals surface area contributed by atoms with Crippen molar-refractivity contribution in [2.45, 2.75) is 70.8 Å². The summed E-state index contributed by atoms with van der Waals surface area (Å²) in [6.07, 6.45) is 6.85. The number of nitrogens with one attached hydrogen (secondary N) is 2. The first kappa shape index (κ1) is 24.6. The normalized spacial score (nSPS) is 20.1. The summed E-state index contributed by atoms with van der Waals surface area (Å²) < 4.78 is 47.1. The molecule has 1 aliphatic carbocycles. The van der Waals surface area contributed by atoms with E-state index in [2.05, 4.69) is 10.0 Å². The molecule has 2 amide bonds. The molecule has 7 nitrogen and oxygen atoms in total. The van der Waals surface area contributed by atoms with Crippen molar-refractivity contribution in [2.75, 3.05) is 12.4 Å². The van der Waals surface area contributed by atoms with E-state index >= 15 is 0 Å². The number of rotatable bonds is 13. The van der Waals surface area contributed by atoms with Gasteiger partial charge in [0.05, 0.1) is 12.4 Å². The van der Waals surface area contributed by atoms with Crippen molar-refractivity contribution >= 4 is 21.8 Å². The number of benzene rings is 1. The third-order valence-corrected chi connectivity index (χ3v) is 7.59. The number of carbonyl (C=O) groups excluding carboxylic acids is 2. The summed E-state index contributed by atoms with van der Waals surface area (Å²) in [6, 6.07) is 3.96. The Bertz CT molecular complexity index is 917. The molecule has 1 saturated heterocycles. The molecule has 2 fully saturated rings. The van der Waals surface area contributed by atoms with Crippen LogP contribution in [-0.4, -0.2) is 32.6 Å². The average molecular weight is 469 g/mol. The van der Waals surface area contributed by atoms with Gasteiger partial charge in [-0.25, -0.2) is 17.5 Å². The van der Waals surface area contributed by atoms with Gasteiger partial charge in [-0.2, -0.15) is 0 Å². The summed E-state index contributed by atoms with van der Waals surface area (Å²) in [4.78, 5) is 22.9. The summed E-state index contributed by atoms with van der Waals surface area (Å²) in [7, 11) is -3.48. The van der Waals surface area contributed by atoms with Gasteiger partial charge in [-0.05, 0) is 62.6 Å². The quantitative estimate of drug-likeness (QED) is 0.340. The van der Waals surface area contributed by atoms with Crippen LogP contribution in [0.25, 0.3) is 0 Å². The van der Waals surface area contributed by atoms with Crippen molar-refractivity contribution in [1.29, 1.82) is 0 Å². The van der Waals surface area contributed by atoms with E-state index in [1.807, 2.05) is 0 Å². The Hall–Kier alpha value is -2.00. The molecule has 0 aromatic heterocycles. The molecule has 0 radical (unpaired) electrons. The molecule has 1 aliphatic heterocycles. The maximum Gasteiger partial charge on any atom is 0.229 e. The predicted molar refractivity (Wildman–Crippen MR) is 119 cm³/mol. The molecule has 1 saturated carbocycles. The first-order valence-corrected chi connectivity index (χ1v) is 13.1. The molecule has 3 rings (SSSR count). The molecule has 9 heteroatoms. The van der Waals surface area contributed by atoms with Crippen LogP contribution in [0, 0.1) is 17.7 Å². The number of sulfonamides is 1. The molecule has 1 aromatic rings. The summed E-state index contributed by atoms with van der Waals surface area (Å²) in [6.45, 7) is 2.22. The third-order valence-electron chi connectivity index (χ3n) is 6.05. The zero-order chi connectivity index (χ0) is 23.1. The van der Waals surface area contributed by atoms with Crippen molar-refractivity contribution in [2.24, 2.45) is 11.8 Å². The van der Waals surface area contributed by atoms with Crippen LogP contribution in [0.4, 0.5) is 4.39 Å². The van der Waals surface area contributed by atoms with Gasteiger partial charge < -0.3 is 4.74 Å². The minimum Gasteiger partial charge on any atom is -0.490 e. The number of unbranched alkanes of at least 4 members (excludes halogenated alkanes) is 3. The van der Waals surface area contributed by atoms with Crippen molar-refractivity contribution in [3.05, 3.63) is 29.6 Å². The molecule has 1 unspecified atom stereocenters. The van der Waals surface area contributed by atoms with E-state index in [1.54, 1.807) is 19.1 Å². The van der Waals surface area contributed by atoms with Crippen LogP contribution in [0.2, 0.25) is 0 Å². The maximum atomic E-state index is 14.0. The van der Waals surface area contributed by atoms with E-state index in [4.69, 9.17) is 4.74 Å². The molecule has 0 bridgehead atoms. The topological polar surface area (TPSA) is 102 Å². The second kappa shape index (κ2) is 11.2. The van der Waals surface area contributed by atoms with Gasteiger partial charge in [0.25, 0.3) is 0 Å². The van der Waals surface area contributed by atoms with Gasteiger partial charge in [0, 0.05) is 18.4 Å². The highest BCUT2D eigenvalue weighted by Crippen LogP contribution is 2.31. The van der Waals surface area contributed by atoms with Crippen molar-refractivity contribution in [3.8, 4) is 5.75 Å². The fourth-order valence-electron chi connectivity index (χ4n) is 3.84. The van der Waals surface area contributed by atoms with Crippen molar-refractivity contribution in [3.63, 3.8) is 0 Å². The van der Waals surface area contributed by atoms with Crippen LogP contribution < -0.4 is 14.8 Å². The van der Waals surface area contributed by atoms with Gasteiger partial charge in [0.15, 0.2) is 11.6 Å². The number of ether oxygens (including phenoxy) is 1. The van der Waals surface area contributed by atoms with E-state index in [0.29, 0.717) is 37.4 Å². The molecule has 0 spiro atoms. The Morgan fingerprint density at radius 3 is 2.62 bits per heavy atom. The minimum atomic E-state index is -3.48. The van der Waals surface area contributed by atoms with Crippen LogP contribution in [0.1, 0.15) is 76.3 Å². The first-order chi connectivity index (χ1) is 15.2. The molecule has 1 aromatic carbocycles. The second-order valence-electron chi connectivity index (χ2n) is 8.95. The SMILES string of the molecule is C[C@@H](NS(=O)(=O)CCCCCCC1CCC(=O)NC1=O)c1ccc(F)c(OCC2CC2)c1. The Morgan fingerprint density at radius 1 is 1.16 bits per heavy atom.